The minimum atomic E-state index is -0.764. The van der Waals surface area contributed by atoms with Crippen LogP contribution in [0, 0.1) is 0 Å². The van der Waals surface area contributed by atoms with Crippen molar-refractivity contribution in [2.24, 2.45) is 11.5 Å². The van der Waals surface area contributed by atoms with Crippen LogP contribution in [0.5, 0.6) is 0 Å². The van der Waals surface area contributed by atoms with Crippen LogP contribution in [0.2, 0.25) is 0 Å². The van der Waals surface area contributed by atoms with Crippen molar-refractivity contribution in [3.8, 4) is 0 Å². The molecule has 0 atom stereocenters. The highest BCUT2D eigenvalue weighted by molar-refractivity contribution is 6.00. The van der Waals surface area contributed by atoms with E-state index < -0.39 is 30.8 Å². The average Bonchev–Trinajstić information content (AvgIpc) is 2.67. The van der Waals surface area contributed by atoms with E-state index >= 15 is 0 Å². The number of rotatable bonds is 6. The number of nitrogens with one attached hydrogen (secondary N) is 1. The lowest BCUT2D eigenvalue weighted by molar-refractivity contribution is -0.121. The molecule has 0 aromatic carbocycles. The molecule has 9 heteroatoms. The van der Waals surface area contributed by atoms with Crippen molar-refractivity contribution in [1.82, 2.24) is 15.1 Å². The van der Waals surface area contributed by atoms with Gasteiger partial charge in [-0.1, -0.05) is 6.92 Å². The summed E-state index contributed by atoms with van der Waals surface area (Å²) in [6, 6.07) is 0. The van der Waals surface area contributed by atoms with E-state index in [0.717, 1.165) is 4.90 Å². The third-order valence-corrected chi connectivity index (χ3v) is 2.42. The number of aromatic nitrogens is 2. The summed E-state index contributed by atoms with van der Waals surface area (Å²) in [7, 11) is 0. The molecule has 0 spiro atoms. The number of amides is 3. The quantitative estimate of drug-likeness (QED) is 0.467. The van der Waals surface area contributed by atoms with E-state index in [9.17, 15) is 14.4 Å². The SMILES string of the molecule is CCc1[nH]nc(C(=O)N(CC(N)=O)CC(N)=O)c1N. The summed E-state index contributed by atoms with van der Waals surface area (Å²) in [5, 5.41) is 6.39. The molecule has 0 bridgehead atoms. The molecule has 1 aromatic heterocycles. The van der Waals surface area contributed by atoms with E-state index in [-0.39, 0.29) is 11.4 Å². The second-order valence-electron chi connectivity index (χ2n) is 3.91. The van der Waals surface area contributed by atoms with Gasteiger partial charge in [0.2, 0.25) is 11.8 Å². The van der Waals surface area contributed by atoms with E-state index in [0.29, 0.717) is 12.1 Å². The van der Waals surface area contributed by atoms with Crippen molar-refractivity contribution in [2.45, 2.75) is 13.3 Å². The van der Waals surface area contributed by atoms with Gasteiger partial charge in [-0.25, -0.2) is 0 Å². The van der Waals surface area contributed by atoms with Gasteiger partial charge in [0.05, 0.1) is 11.4 Å². The average molecular weight is 268 g/mol. The van der Waals surface area contributed by atoms with Crippen molar-refractivity contribution in [3.05, 3.63) is 11.4 Å². The number of carbonyl (C=O) groups excluding carboxylic acids is 3. The predicted octanol–water partition coefficient (Wildman–Crippen LogP) is -2.03. The molecule has 0 fully saturated rings. The van der Waals surface area contributed by atoms with Crippen LogP contribution in [0.25, 0.3) is 0 Å². The molecule has 0 aliphatic carbocycles. The highest BCUT2D eigenvalue weighted by Crippen LogP contribution is 2.16. The van der Waals surface area contributed by atoms with Crippen LogP contribution < -0.4 is 17.2 Å². The number of nitrogens with two attached hydrogens (primary N) is 3. The Morgan fingerprint density at radius 1 is 1.21 bits per heavy atom. The highest BCUT2D eigenvalue weighted by atomic mass is 16.2. The van der Waals surface area contributed by atoms with E-state index in [1.165, 1.54) is 0 Å². The molecule has 0 saturated heterocycles. The van der Waals surface area contributed by atoms with Gasteiger partial charge in [-0.3, -0.25) is 19.5 Å². The molecule has 0 aliphatic heterocycles. The Morgan fingerprint density at radius 3 is 2.11 bits per heavy atom. The van der Waals surface area contributed by atoms with Crippen molar-refractivity contribution in [3.63, 3.8) is 0 Å². The van der Waals surface area contributed by atoms with Gasteiger partial charge in [-0.05, 0) is 6.42 Å². The third-order valence-electron chi connectivity index (χ3n) is 2.42. The van der Waals surface area contributed by atoms with E-state index in [1.54, 1.807) is 0 Å². The first-order valence-corrected chi connectivity index (χ1v) is 5.55. The second kappa shape index (κ2) is 5.85. The van der Waals surface area contributed by atoms with Crippen molar-refractivity contribution in [1.29, 1.82) is 0 Å². The molecule has 1 rings (SSSR count). The van der Waals surface area contributed by atoms with Crippen LogP contribution in [0.4, 0.5) is 5.69 Å². The summed E-state index contributed by atoms with van der Waals surface area (Å²) < 4.78 is 0. The summed E-state index contributed by atoms with van der Waals surface area (Å²) in [5.41, 5.74) is 16.5. The lowest BCUT2D eigenvalue weighted by Crippen LogP contribution is -2.43. The Morgan fingerprint density at radius 2 is 1.74 bits per heavy atom. The van der Waals surface area contributed by atoms with Crippen LogP contribution >= 0.6 is 0 Å². The van der Waals surface area contributed by atoms with E-state index in [2.05, 4.69) is 10.2 Å². The Kier molecular flexibility index (Phi) is 4.46. The number of primary amides is 2. The largest absolute Gasteiger partial charge is 0.395 e. The molecule has 3 amide bonds. The summed E-state index contributed by atoms with van der Waals surface area (Å²) in [5.74, 6) is -2.20. The molecule has 1 aromatic rings. The first-order chi connectivity index (χ1) is 8.86. The minimum Gasteiger partial charge on any atom is -0.395 e. The lowest BCUT2D eigenvalue weighted by atomic mass is 10.2. The number of hydrogen-bond donors (Lipinski definition) is 4. The molecule has 9 nitrogen and oxygen atoms in total. The molecule has 19 heavy (non-hydrogen) atoms. The molecule has 0 radical (unpaired) electrons. The lowest BCUT2D eigenvalue weighted by Gasteiger charge is -2.18. The van der Waals surface area contributed by atoms with Gasteiger partial charge >= 0.3 is 0 Å². The molecule has 0 saturated carbocycles. The highest BCUT2D eigenvalue weighted by Gasteiger charge is 2.24. The van der Waals surface area contributed by atoms with Crippen molar-refractivity contribution in [2.75, 3.05) is 18.8 Å². The fourth-order valence-electron chi connectivity index (χ4n) is 1.54. The smallest absolute Gasteiger partial charge is 0.277 e. The zero-order valence-corrected chi connectivity index (χ0v) is 10.5. The minimum absolute atomic E-state index is 0.0562. The number of aryl methyl sites for hydroxylation is 1. The summed E-state index contributed by atoms with van der Waals surface area (Å²) in [6.45, 7) is 0.966. The van der Waals surface area contributed by atoms with Gasteiger partial charge in [0.15, 0.2) is 5.69 Å². The van der Waals surface area contributed by atoms with Gasteiger partial charge in [0, 0.05) is 0 Å². The Hall–Kier alpha value is -2.58. The Balaban J connectivity index is 3.00. The maximum atomic E-state index is 12.1. The van der Waals surface area contributed by atoms with Gasteiger partial charge in [0.25, 0.3) is 5.91 Å². The molecular weight excluding hydrogens is 252 g/mol. The molecule has 7 N–H and O–H groups in total. The monoisotopic (exact) mass is 268 g/mol. The number of carbonyl (C=O) groups is 3. The first kappa shape index (κ1) is 14.5. The van der Waals surface area contributed by atoms with E-state index in [1.807, 2.05) is 6.92 Å². The molecule has 0 aliphatic rings. The number of aromatic amines is 1. The van der Waals surface area contributed by atoms with Gasteiger partial charge < -0.3 is 22.1 Å². The van der Waals surface area contributed by atoms with Crippen LogP contribution in [-0.2, 0) is 16.0 Å². The zero-order valence-electron chi connectivity index (χ0n) is 10.5. The number of anilines is 1. The number of hydrogen-bond acceptors (Lipinski definition) is 5. The van der Waals surface area contributed by atoms with Crippen molar-refractivity contribution >= 4 is 23.4 Å². The summed E-state index contributed by atoms with van der Waals surface area (Å²) >= 11 is 0. The fourth-order valence-corrected chi connectivity index (χ4v) is 1.54. The van der Waals surface area contributed by atoms with Crippen LogP contribution in [0.1, 0.15) is 23.1 Å². The van der Waals surface area contributed by atoms with Gasteiger partial charge in [-0.2, -0.15) is 5.10 Å². The molecule has 0 unspecified atom stereocenters. The first-order valence-electron chi connectivity index (χ1n) is 5.55. The molecular formula is C10H16N6O3. The normalized spacial score (nSPS) is 10.2. The number of H-pyrrole nitrogens is 1. The topological polar surface area (TPSA) is 161 Å². The maximum Gasteiger partial charge on any atom is 0.277 e. The summed E-state index contributed by atoms with van der Waals surface area (Å²) in [4.78, 5) is 34.8. The van der Waals surface area contributed by atoms with Gasteiger partial charge in [0.1, 0.15) is 13.1 Å². The molecule has 1 heterocycles. The van der Waals surface area contributed by atoms with Crippen molar-refractivity contribution < 1.29 is 14.4 Å². The standard InChI is InChI=1S/C10H16N6O3/c1-2-5-8(13)9(15-14-5)10(19)16(3-6(11)17)4-7(12)18/h2-4,13H2,1H3,(H2,11,17)(H2,12,18)(H,14,15). The van der Waals surface area contributed by atoms with Gasteiger partial charge in [-0.15, -0.1) is 0 Å². The Labute approximate surface area is 109 Å². The fraction of sp³-hybridized carbons (Fsp3) is 0.400. The third kappa shape index (κ3) is 3.44. The number of nitrogens with zero attached hydrogens (tertiary/aromatic N) is 2. The Bertz CT molecular complexity index is 493. The zero-order chi connectivity index (χ0) is 14.6. The summed E-state index contributed by atoms with van der Waals surface area (Å²) in [6.07, 6.45) is 0.567. The van der Waals surface area contributed by atoms with Crippen LogP contribution in [-0.4, -0.2) is 45.9 Å². The second-order valence-corrected chi connectivity index (χ2v) is 3.91. The predicted molar refractivity (Wildman–Crippen MR) is 66.7 cm³/mol. The number of nitrogen functional groups attached to an aromatic ring is 1. The van der Waals surface area contributed by atoms with Crippen LogP contribution in [0.3, 0.4) is 0 Å². The molecule has 104 valence electrons. The maximum absolute atomic E-state index is 12.1. The van der Waals surface area contributed by atoms with E-state index in [4.69, 9.17) is 17.2 Å². The van der Waals surface area contributed by atoms with Crippen LogP contribution in [0.15, 0.2) is 0 Å².